The van der Waals surface area contributed by atoms with Gasteiger partial charge in [-0.05, 0) is 25.0 Å². The number of aromatic nitrogens is 2. The van der Waals surface area contributed by atoms with Gasteiger partial charge in [0.1, 0.15) is 0 Å². The normalized spacial score (nSPS) is 18.6. The minimum absolute atomic E-state index is 0.115. The molecule has 1 aromatic carbocycles. The quantitative estimate of drug-likeness (QED) is 0.849. The third kappa shape index (κ3) is 2.36. The van der Waals surface area contributed by atoms with Gasteiger partial charge in [0.2, 0.25) is 5.91 Å². The SMILES string of the molecule is CC(C(=O)N1CCc2ccccc21)N1CCc2c(ncn2C)C1. The van der Waals surface area contributed by atoms with Crippen molar-refractivity contribution in [1.29, 1.82) is 0 Å². The highest BCUT2D eigenvalue weighted by Gasteiger charge is 2.33. The zero-order valence-corrected chi connectivity index (χ0v) is 13.7. The van der Waals surface area contributed by atoms with Crippen molar-refractivity contribution in [1.82, 2.24) is 14.5 Å². The fraction of sp³-hybridized carbons (Fsp3) is 0.444. The van der Waals surface area contributed by atoms with Gasteiger partial charge in [-0.3, -0.25) is 9.69 Å². The lowest BCUT2D eigenvalue weighted by Gasteiger charge is -2.33. The summed E-state index contributed by atoms with van der Waals surface area (Å²) in [5, 5.41) is 0. The first-order chi connectivity index (χ1) is 11.1. The van der Waals surface area contributed by atoms with E-state index in [0.29, 0.717) is 0 Å². The fourth-order valence-electron chi connectivity index (χ4n) is 3.76. The molecule has 5 heteroatoms. The molecule has 23 heavy (non-hydrogen) atoms. The molecule has 2 aliphatic rings. The Morgan fingerprint density at radius 2 is 2.04 bits per heavy atom. The Labute approximate surface area is 136 Å². The van der Waals surface area contributed by atoms with E-state index in [0.717, 1.165) is 43.9 Å². The maximum atomic E-state index is 13.0. The molecular formula is C18H22N4O. The third-order valence-electron chi connectivity index (χ3n) is 5.19. The first kappa shape index (κ1) is 14.5. The van der Waals surface area contributed by atoms with Crippen LogP contribution in [0.5, 0.6) is 0 Å². The Kier molecular flexibility index (Phi) is 3.45. The number of amides is 1. The van der Waals surface area contributed by atoms with E-state index in [9.17, 15) is 4.79 Å². The molecule has 2 aromatic rings. The molecule has 0 fully saturated rings. The molecule has 1 unspecified atom stereocenters. The minimum atomic E-state index is -0.115. The molecule has 1 aromatic heterocycles. The molecule has 3 heterocycles. The maximum Gasteiger partial charge on any atom is 0.244 e. The minimum Gasteiger partial charge on any atom is -0.337 e. The maximum absolute atomic E-state index is 13.0. The smallest absolute Gasteiger partial charge is 0.244 e. The van der Waals surface area contributed by atoms with Crippen LogP contribution in [0.2, 0.25) is 0 Å². The fourth-order valence-corrected chi connectivity index (χ4v) is 3.76. The van der Waals surface area contributed by atoms with Crippen LogP contribution in [0.1, 0.15) is 23.9 Å². The van der Waals surface area contributed by atoms with E-state index < -0.39 is 0 Å². The van der Waals surface area contributed by atoms with E-state index in [1.54, 1.807) is 0 Å². The van der Waals surface area contributed by atoms with Gasteiger partial charge in [-0.15, -0.1) is 0 Å². The highest BCUT2D eigenvalue weighted by atomic mass is 16.2. The van der Waals surface area contributed by atoms with Crippen molar-refractivity contribution in [2.75, 3.05) is 18.0 Å². The molecule has 0 saturated carbocycles. The summed E-state index contributed by atoms with van der Waals surface area (Å²) in [7, 11) is 2.04. The number of fused-ring (bicyclic) bond motifs is 2. The van der Waals surface area contributed by atoms with Gasteiger partial charge >= 0.3 is 0 Å². The predicted molar refractivity (Wildman–Crippen MR) is 89.3 cm³/mol. The predicted octanol–water partition coefficient (Wildman–Crippen LogP) is 1.76. The van der Waals surface area contributed by atoms with Crippen LogP contribution >= 0.6 is 0 Å². The van der Waals surface area contributed by atoms with E-state index in [2.05, 4.69) is 26.6 Å². The van der Waals surface area contributed by atoms with Crippen LogP contribution in [0, 0.1) is 0 Å². The molecule has 2 aliphatic heterocycles. The third-order valence-corrected chi connectivity index (χ3v) is 5.19. The van der Waals surface area contributed by atoms with Crippen LogP contribution in [0.25, 0.3) is 0 Å². The molecule has 5 nitrogen and oxygen atoms in total. The molecule has 0 aliphatic carbocycles. The van der Waals surface area contributed by atoms with Crippen molar-refractivity contribution in [3.05, 3.63) is 47.5 Å². The van der Waals surface area contributed by atoms with E-state index in [1.165, 1.54) is 11.3 Å². The molecule has 1 amide bonds. The van der Waals surface area contributed by atoms with Crippen molar-refractivity contribution >= 4 is 11.6 Å². The average Bonchev–Trinajstić information content (AvgIpc) is 3.17. The first-order valence-corrected chi connectivity index (χ1v) is 8.27. The zero-order valence-electron chi connectivity index (χ0n) is 13.7. The summed E-state index contributed by atoms with van der Waals surface area (Å²) < 4.78 is 2.09. The van der Waals surface area contributed by atoms with Crippen LogP contribution < -0.4 is 4.90 Å². The van der Waals surface area contributed by atoms with E-state index in [1.807, 2.05) is 37.3 Å². The van der Waals surface area contributed by atoms with Gasteiger partial charge in [-0.1, -0.05) is 18.2 Å². The van der Waals surface area contributed by atoms with Crippen LogP contribution in [-0.4, -0.2) is 39.5 Å². The Hall–Kier alpha value is -2.14. The summed E-state index contributed by atoms with van der Waals surface area (Å²) in [5.41, 5.74) is 4.77. The number of carbonyl (C=O) groups excluding carboxylic acids is 1. The van der Waals surface area contributed by atoms with Gasteiger partial charge in [0.05, 0.1) is 18.1 Å². The number of anilines is 1. The highest BCUT2D eigenvalue weighted by molar-refractivity contribution is 5.98. The van der Waals surface area contributed by atoms with E-state index in [4.69, 9.17) is 0 Å². The molecule has 0 N–H and O–H groups in total. The Balaban J connectivity index is 1.52. The number of hydrogen-bond donors (Lipinski definition) is 0. The summed E-state index contributed by atoms with van der Waals surface area (Å²) in [4.78, 5) is 21.7. The molecule has 0 spiro atoms. The lowest BCUT2D eigenvalue weighted by Crippen LogP contribution is -2.48. The highest BCUT2D eigenvalue weighted by Crippen LogP contribution is 2.29. The molecule has 4 rings (SSSR count). The van der Waals surface area contributed by atoms with E-state index >= 15 is 0 Å². The summed E-state index contributed by atoms with van der Waals surface area (Å²) >= 11 is 0. The molecule has 1 atom stereocenters. The van der Waals surface area contributed by atoms with Crippen molar-refractivity contribution < 1.29 is 4.79 Å². The van der Waals surface area contributed by atoms with E-state index in [-0.39, 0.29) is 11.9 Å². The number of benzene rings is 1. The number of rotatable bonds is 2. The number of hydrogen-bond acceptors (Lipinski definition) is 3. The van der Waals surface area contributed by atoms with Crippen LogP contribution in [0.3, 0.4) is 0 Å². The second kappa shape index (κ2) is 5.49. The van der Waals surface area contributed by atoms with Gasteiger partial charge in [0.15, 0.2) is 0 Å². The number of nitrogens with zero attached hydrogens (tertiary/aromatic N) is 4. The largest absolute Gasteiger partial charge is 0.337 e. The lowest BCUT2D eigenvalue weighted by molar-refractivity contribution is -0.123. The summed E-state index contributed by atoms with van der Waals surface area (Å²) in [5.74, 6) is 0.203. The molecular weight excluding hydrogens is 288 g/mol. The van der Waals surface area contributed by atoms with Gasteiger partial charge in [0.25, 0.3) is 0 Å². The summed E-state index contributed by atoms with van der Waals surface area (Å²) in [6, 6.07) is 8.12. The Morgan fingerprint density at radius 1 is 1.22 bits per heavy atom. The van der Waals surface area contributed by atoms with Gasteiger partial charge in [-0.2, -0.15) is 0 Å². The van der Waals surface area contributed by atoms with Crippen molar-refractivity contribution in [2.24, 2.45) is 7.05 Å². The summed E-state index contributed by atoms with van der Waals surface area (Å²) in [6.45, 7) is 4.50. The van der Waals surface area contributed by atoms with Crippen LogP contribution in [-0.2, 0) is 31.2 Å². The number of para-hydroxylation sites is 1. The number of carbonyl (C=O) groups is 1. The topological polar surface area (TPSA) is 41.4 Å². The Bertz CT molecular complexity index is 751. The van der Waals surface area contributed by atoms with Gasteiger partial charge in [0, 0.05) is 44.5 Å². The Morgan fingerprint density at radius 3 is 2.91 bits per heavy atom. The van der Waals surface area contributed by atoms with Crippen molar-refractivity contribution in [2.45, 2.75) is 32.4 Å². The molecule has 0 radical (unpaired) electrons. The average molecular weight is 310 g/mol. The monoisotopic (exact) mass is 310 g/mol. The molecule has 0 saturated heterocycles. The zero-order chi connectivity index (χ0) is 16.0. The van der Waals surface area contributed by atoms with Crippen LogP contribution in [0.4, 0.5) is 5.69 Å². The number of imidazole rings is 1. The number of aryl methyl sites for hydroxylation is 1. The summed E-state index contributed by atoms with van der Waals surface area (Å²) in [6.07, 6.45) is 3.79. The second-order valence-corrected chi connectivity index (χ2v) is 6.51. The standard InChI is InChI=1S/C18H22N4O/c1-13(21-9-8-17-15(11-21)19-12-20(17)2)18(23)22-10-7-14-5-3-4-6-16(14)22/h3-6,12-13H,7-11H2,1-2H3. The molecule has 120 valence electrons. The van der Waals surface area contributed by atoms with Crippen LogP contribution in [0.15, 0.2) is 30.6 Å². The van der Waals surface area contributed by atoms with Crippen molar-refractivity contribution in [3.63, 3.8) is 0 Å². The van der Waals surface area contributed by atoms with Gasteiger partial charge < -0.3 is 9.47 Å². The molecule has 0 bridgehead atoms. The second-order valence-electron chi connectivity index (χ2n) is 6.51. The lowest BCUT2D eigenvalue weighted by atomic mass is 10.1. The first-order valence-electron chi connectivity index (χ1n) is 8.27. The van der Waals surface area contributed by atoms with Crippen molar-refractivity contribution in [3.8, 4) is 0 Å². The van der Waals surface area contributed by atoms with Gasteiger partial charge in [-0.25, -0.2) is 4.98 Å².